The van der Waals surface area contributed by atoms with Crippen LogP contribution in [0, 0.1) is 23.7 Å². The van der Waals surface area contributed by atoms with Crippen molar-refractivity contribution < 1.29 is 9.53 Å². The van der Waals surface area contributed by atoms with Crippen molar-refractivity contribution in [2.75, 3.05) is 0 Å². The Balaban J connectivity index is 2.12. The number of carbonyl (C=O) groups excluding carboxylic acids is 1. The van der Waals surface area contributed by atoms with Crippen molar-refractivity contribution in [2.45, 2.75) is 65.4 Å². The Morgan fingerprint density at radius 2 is 2.05 bits per heavy atom. The van der Waals surface area contributed by atoms with E-state index in [2.05, 4.69) is 27.4 Å². The Morgan fingerprint density at radius 3 is 2.58 bits per heavy atom. The van der Waals surface area contributed by atoms with Crippen LogP contribution in [0.1, 0.15) is 59.8 Å². The molecule has 2 fully saturated rings. The molecule has 19 heavy (non-hydrogen) atoms. The molecule has 2 aliphatic carbocycles. The van der Waals surface area contributed by atoms with Gasteiger partial charge in [0.25, 0.3) is 0 Å². The molecule has 0 aromatic rings. The number of hydrogen-bond acceptors (Lipinski definition) is 2. The first-order valence-corrected chi connectivity index (χ1v) is 7.81. The quantitative estimate of drug-likeness (QED) is 0.545. The average Bonchev–Trinajstić information content (AvgIpc) is 2.83. The average molecular weight is 264 g/mol. The lowest BCUT2D eigenvalue weighted by atomic mass is 9.69. The molecule has 2 saturated carbocycles. The van der Waals surface area contributed by atoms with Crippen LogP contribution in [0.5, 0.6) is 0 Å². The lowest BCUT2D eigenvalue weighted by molar-refractivity contribution is -0.162. The number of esters is 1. The van der Waals surface area contributed by atoms with Gasteiger partial charge in [-0.05, 0) is 44.4 Å². The second-order valence-corrected chi connectivity index (χ2v) is 6.81. The maximum Gasteiger partial charge on any atom is 0.333 e. The van der Waals surface area contributed by atoms with Crippen molar-refractivity contribution in [2.24, 2.45) is 23.7 Å². The molecule has 0 spiro atoms. The molecule has 0 N–H and O–H groups in total. The highest BCUT2D eigenvalue weighted by atomic mass is 16.6. The Labute approximate surface area is 117 Å². The van der Waals surface area contributed by atoms with E-state index in [1.54, 1.807) is 6.92 Å². The maximum atomic E-state index is 11.9. The van der Waals surface area contributed by atoms with E-state index in [4.69, 9.17) is 4.74 Å². The maximum absolute atomic E-state index is 11.9. The fraction of sp³-hybridized carbons (Fsp3) is 0.824. The number of fused-ring (bicyclic) bond motifs is 2. The molecule has 0 saturated heterocycles. The van der Waals surface area contributed by atoms with Crippen LogP contribution in [0.15, 0.2) is 12.2 Å². The summed E-state index contributed by atoms with van der Waals surface area (Å²) >= 11 is 0. The van der Waals surface area contributed by atoms with Gasteiger partial charge in [-0.15, -0.1) is 0 Å². The van der Waals surface area contributed by atoms with Gasteiger partial charge in [0.05, 0.1) is 0 Å². The molecule has 5 unspecified atom stereocenters. The molecule has 0 aromatic carbocycles. The molecule has 0 radical (unpaired) electrons. The van der Waals surface area contributed by atoms with Gasteiger partial charge in [-0.1, -0.05) is 39.7 Å². The summed E-state index contributed by atoms with van der Waals surface area (Å²) in [4.78, 5) is 11.9. The fourth-order valence-corrected chi connectivity index (χ4v) is 4.72. The van der Waals surface area contributed by atoms with E-state index in [0.717, 1.165) is 24.2 Å². The van der Waals surface area contributed by atoms with Gasteiger partial charge in [0, 0.05) is 11.5 Å². The van der Waals surface area contributed by atoms with Gasteiger partial charge < -0.3 is 4.74 Å². The zero-order chi connectivity index (χ0) is 14.2. The second kappa shape index (κ2) is 5.30. The molecule has 0 aromatic heterocycles. The third kappa shape index (κ3) is 2.46. The van der Waals surface area contributed by atoms with Crippen molar-refractivity contribution in [1.82, 2.24) is 0 Å². The highest BCUT2D eigenvalue weighted by molar-refractivity contribution is 5.87. The zero-order valence-corrected chi connectivity index (χ0v) is 12.9. The topological polar surface area (TPSA) is 26.3 Å². The van der Waals surface area contributed by atoms with E-state index < -0.39 is 0 Å². The molecule has 2 heteroatoms. The minimum Gasteiger partial charge on any atom is -0.456 e. The molecule has 0 aliphatic heterocycles. The van der Waals surface area contributed by atoms with E-state index in [0.29, 0.717) is 11.5 Å². The van der Waals surface area contributed by atoms with Crippen LogP contribution in [0.25, 0.3) is 0 Å². The van der Waals surface area contributed by atoms with Crippen molar-refractivity contribution in [1.29, 1.82) is 0 Å². The lowest BCUT2D eigenvalue weighted by Crippen LogP contribution is -2.44. The van der Waals surface area contributed by atoms with Crippen molar-refractivity contribution in [3.05, 3.63) is 12.2 Å². The van der Waals surface area contributed by atoms with E-state index in [-0.39, 0.29) is 11.6 Å². The summed E-state index contributed by atoms with van der Waals surface area (Å²) in [6.45, 7) is 12.1. The summed E-state index contributed by atoms with van der Waals surface area (Å²) in [5, 5.41) is 0. The van der Waals surface area contributed by atoms with Crippen LogP contribution >= 0.6 is 0 Å². The molecule has 0 amide bonds. The summed E-state index contributed by atoms with van der Waals surface area (Å²) in [6, 6.07) is 0. The summed E-state index contributed by atoms with van der Waals surface area (Å²) in [5.74, 6) is 2.70. The minimum absolute atomic E-state index is 0.211. The molecule has 2 aliphatic rings. The monoisotopic (exact) mass is 264 g/mol. The molecule has 2 nitrogen and oxygen atoms in total. The third-order valence-electron chi connectivity index (χ3n) is 5.45. The van der Waals surface area contributed by atoms with Gasteiger partial charge in [-0.2, -0.15) is 0 Å². The first-order valence-electron chi connectivity index (χ1n) is 7.81. The second-order valence-electron chi connectivity index (χ2n) is 6.81. The number of carbonyl (C=O) groups is 1. The predicted octanol–water partition coefficient (Wildman–Crippen LogP) is 4.35. The van der Waals surface area contributed by atoms with Gasteiger partial charge >= 0.3 is 5.97 Å². The normalized spacial score (nSPS) is 40.4. The Morgan fingerprint density at radius 1 is 1.37 bits per heavy atom. The number of ether oxygens (including phenoxy) is 1. The fourth-order valence-electron chi connectivity index (χ4n) is 4.72. The van der Waals surface area contributed by atoms with Crippen molar-refractivity contribution >= 4 is 5.97 Å². The molecule has 2 rings (SSSR count). The summed E-state index contributed by atoms with van der Waals surface area (Å²) in [7, 11) is 0. The largest absolute Gasteiger partial charge is 0.456 e. The van der Waals surface area contributed by atoms with Crippen LogP contribution in [0.2, 0.25) is 0 Å². The van der Waals surface area contributed by atoms with Gasteiger partial charge in [0.1, 0.15) is 5.60 Å². The molecule has 108 valence electrons. The number of hydrogen-bond donors (Lipinski definition) is 0. The lowest BCUT2D eigenvalue weighted by Gasteiger charge is -2.42. The van der Waals surface area contributed by atoms with Gasteiger partial charge in [0.15, 0.2) is 0 Å². The van der Waals surface area contributed by atoms with Crippen LogP contribution in [0.4, 0.5) is 0 Å². The zero-order valence-electron chi connectivity index (χ0n) is 12.9. The van der Waals surface area contributed by atoms with Crippen LogP contribution in [-0.4, -0.2) is 11.6 Å². The summed E-state index contributed by atoms with van der Waals surface area (Å²) in [6.07, 6.45) is 6.13. The van der Waals surface area contributed by atoms with Crippen molar-refractivity contribution in [3.63, 3.8) is 0 Å². The standard InChI is InChI=1S/C17H28O2/c1-6-8-14-12-9-15(13(14)7-2)17(5,10-12)19-16(18)11(3)4/h12-15H,3,6-10H2,1-2,4-5H3. The first-order chi connectivity index (χ1) is 8.92. The SMILES string of the molecule is C=C(C)C(=O)OC1(C)CC2CC1C(CC)C2CCC. The molecular weight excluding hydrogens is 236 g/mol. The van der Waals surface area contributed by atoms with Crippen LogP contribution in [-0.2, 0) is 9.53 Å². The Hall–Kier alpha value is -0.790. The van der Waals surface area contributed by atoms with Gasteiger partial charge in [-0.3, -0.25) is 0 Å². The smallest absolute Gasteiger partial charge is 0.333 e. The van der Waals surface area contributed by atoms with Crippen molar-refractivity contribution in [3.8, 4) is 0 Å². The third-order valence-corrected chi connectivity index (χ3v) is 5.45. The van der Waals surface area contributed by atoms with E-state index in [9.17, 15) is 4.79 Å². The first kappa shape index (κ1) is 14.6. The van der Waals surface area contributed by atoms with E-state index >= 15 is 0 Å². The predicted molar refractivity (Wildman–Crippen MR) is 77.7 cm³/mol. The Kier molecular flexibility index (Phi) is 4.08. The number of rotatable bonds is 5. The Bertz CT molecular complexity index is 373. The molecular formula is C17H28O2. The summed E-state index contributed by atoms with van der Waals surface area (Å²) < 4.78 is 5.81. The minimum atomic E-state index is -0.244. The highest BCUT2D eigenvalue weighted by Crippen LogP contribution is 2.60. The van der Waals surface area contributed by atoms with Gasteiger partial charge in [-0.25, -0.2) is 4.79 Å². The highest BCUT2D eigenvalue weighted by Gasteiger charge is 2.58. The van der Waals surface area contributed by atoms with Crippen LogP contribution < -0.4 is 0 Å². The van der Waals surface area contributed by atoms with Gasteiger partial charge in [0.2, 0.25) is 0 Å². The summed E-state index contributed by atoms with van der Waals surface area (Å²) in [5.41, 5.74) is 0.271. The van der Waals surface area contributed by atoms with E-state index in [1.807, 2.05) is 0 Å². The molecule has 0 heterocycles. The molecule has 5 atom stereocenters. The van der Waals surface area contributed by atoms with E-state index in [1.165, 1.54) is 25.7 Å². The molecule has 2 bridgehead atoms. The van der Waals surface area contributed by atoms with Crippen LogP contribution in [0.3, 0.4) is 0 Å².